The number of hydrogen-bond acceptors (Lipinski definition) is 5. The molecule has 0 unspecified atom stereocenters. The van der Waals surface area contributed by atoms with Crippen LogP contribution in [-0.2, 0) is 0 Å². The van der Waals surface area contributed by atoms with Crippen molar-refractivity contribution >= 4 is 11.6 Å². The van der Waals surface area contributed by atoms with Crippen LogP contribution in [0.3, 0.4) is 0 Å². The van der Waals surface area contributed by atoms with Gasteiger partial charge in [-0.25, -0.2) is 0 Å². The van der Waals surface area contributed by atoms with E-state index in [-0.39, 0.29) is 5.91 Å². The zero-order valence-corrected chi connectivity index (χ0v) is 12.7. The maximum absolute atomic E-state index is 12.3. The first-order chi connectivity index (χ1) is 11.2. The first-order valence-corrected chi connectivity index (χ1v) is 7.02. The molecule has 1 aromatic heterocycles. The molecule has 3 rings (SSSR count). The van der Waals surface area contributed by atoms with Crippen LogP contribution in [-0.4, -0.2) is 23.2 Å². The molecule has 6 heteroatoms. The van der Waals surface area contributed by atoms with Gasteiger partial charge in [0.05, 0.1) is 7.11 Å². The van der Waals surface area contributed by atoms with Gasteiger partial charge in [-0.1, -0.05) is 17.3 Å². The van der Waals surface area contributed by atoms with E-state index in [0.717, 1.165) is 5.56 Å². The molecule has 3 aromatic rings. The molecule has 2 aromatic carbocycles. The van der Waals surface area contributed by atoms with Gasteiger partial charge >= 0.3 is 0 Å². The summed E-state index contributed by atoms with van der Waals surface area (Å²) in [4.78, 5) is 16.5. The van der Waals surface area contributed by atoms with Gasteiger partial charge in [-0.3, -0.25) is 4.79 Å². The van der Waals surface area contributed by atoms with E-state index in [1.165, 1.54) is 0 Å². The minimum Gasteiger partial charge on any atom is -0.497 e. The maximum Gasteiger partial charge on any atom is 0.257 e. The van der Waals surface area contributed by atoms with E-state index < -0.39 is 0 Å². The van der Waals surface area contributed by atoms with E-state index in [1.807, 2.05) is 12.1 Å². The van der Waals surface area contributed by atoms with Crippen molar-refractivity contribution in [1.29, 1.82) is 0 Å². The molecule has 0 bridgehead atoms. The number of hydrogen-bond donors (Lipinski definition) is 1. The van der Waals surface area contributed by atoms with Crippen LogP contribution in [0.1, 0.15) is 16.2 Å². The SMILES string of the molecule is COc1cccc(C(=O)Nc2cccc(-c3nc(C)no3)c2)c1. The van der Waals surface area contributed by atoms with Gasteiger partial charge < -0.3 is 14.6 Å². The molecule has 1 heterocycles. The summed E-state index contributed by atoms with van der Waals surface area (Å²) >= 11 is 0. The monoisotopic (exact) mass is 309 g/mol. The lowest BCUT2D eigenvalue weighted by molar-refractivity contribution is 0.102. The van der Waals surface area contributed by atoms with Crippen LogP contribution in [0.5, 0.6) is 5.75 Å². The predicted molar refractivity (Wildman–Crippen MR) is 85.4 cm³/mol. The Kier molecular flexibility index (Phi) is 4.05. The second kappa shape index (κ2) is 6.31. The van der Waals surface area contributed by atoms with Crippen LogP contribution in [0.4, 0.5) is 5.69 Å². The van der Waals surface area contributed by atoms with Gasteiger partial charge in [0.15, 0.2) is 5.82 Å². The summed E-state index contributed by atoms with van der Waals surface area (Å²) in [6.07, 6.45) is 0. The highest BCUT2D eigenvalue weighted by atomic mass is 16.5. The van der Waals surface area contributed by atoms with E-state index in [4.69, 9.17) is 9.26 Å². The predicted octanol–water partition coefficient (Wildman–Crippen LogP) is 3.31. The van der Waals surface area contributed by atoms with Gasteiger partial charge in [-0.15, -0.1) is 0 Å². The minimum absolute atomic E-state index is 0.220. The van der Waals surface area contributed by atoms with E-state index in [2.05, 4.69) is 15.5 Å². The number of amides is 1. The molecule has 0 aliphatic heterocycles. The first-order valence-electron chi connectivity index (χ1n) is 7.02. The Labute approximate surface area is 133 Å². The average Bonchev–Trinajstić information content (AvgIpc) is 3.02. The summed E-state index contributed by atoms with van der Waals surface area (Å²) < 4.78 is 10.3. The van der Waals surface area contributed by atoms with E-state index in [1.54, 1.807) is 50.4 Å². The van der Waals surface area contributed by atoms with Crippen molar-refractivity contribution in [3.8, 4) is 17.2 Å². The number of aromatic nitrogens is 2. The summed E-state index contributed by atoms with van der Waals surface area (Å²) in [5.74, 6) is 1.39. The van der Waals surface area contributed by atoms with Crippen molar-refractivity contribution in [3.05, 3.63) is 59.9 Å². The Balaban J connectivity index is 1.81. The number of carbonyl (C=O) groups is 1. The van der Waals surface area contributed by atoms with Crippen LogP contribution in [0.15, 0.2) is 53.1 Å². The van der Waals surface area contributed by atoms with Crippen molar-refractivity contribution in [2.45, 2.75) is 6.92 Å². The number of anilines is 1. The second-order valence-corrected chi connectivity index (χ2v) is 4.91. The highest BCUT2D eigenvalue weighted by molar-refractivity contribution is 6.04. The standard InChI is InChI=1S/C17H15N3O3/c1-11-18-17(23-20-11)13-6-3-7-14(9-13)19-16(21)12-5-4-8-15(10-12)22-2/h3-10H,1-2H3,(H,19,21). The normalized spacial score (nSPS) is 10.3. The molecule has 6 nitrogen and oxygen atoms in total. The van der Waals surface area contributed by atoms with Crippen molar-refractivity contribution in [3.63, 3.8) is 0 Å². The molecule has 1 amide bonds. The number of rotatable bonds is 4. The first kappa shape index (κ1) is 14.8. The molecule has 1 N–H and O–H groups in total. The Bertz CT molecular complexity index is 842. The van der Waals surface area contributed by atoms with Gasteiger partial charge in [-0.2, -0.15) is 4.98 Å². The topological polar surface area (TPSA) is 77.2 Å². The Morgan fingerprint density at radius 2 is 2.00 bits per heavy atom. The zero-order valence-electron chi connectivity index (χ0n) is 12.7. The van der Waals surface area contributed by atoms with Crippen LogP contribution in [0, 0.1) is 6.92 Å². The maximum atomic E-state index is 12.3. The lowest BCUT2D eigenvalue weighted by Crippen LogP contribution is -2.11. The Morgan fingerprint density at radius 3 is 2.74 bits per heavy atom. The number of carbonyl (C=O) groups excluding carboxylic acids is 1. The number of nitrogens with zero attached hydrogens (tertiary/aromatic N) is 2. The number of methoxy groups -OCH3 is 1. The smallest absolute Gasteiger partial charge is 0.257 e. The van der Waals surface area contributed by atoms with E-state index in [0.29, 0.717) is 28.7 Å². The molecule has 0 atom stereocenters. The van der Waals surface area contributed by atoms with Gasteiger partial charge in [-0.05, 0) is 43.3 Å². The van der Waals surface area contributed by atoms with Crippen molar-refractivity contribution < 1.29 is 14.1 Å². The summed E-state index contributed by atoms with van der Waals surface area (Å²) in [7, 11) is 1.56. The second-order valence-electron chi connectivity index (χ2n) is 4.91. The fourth-order valence-electron chi connectivity index (χ4n) is 2.11. The largest absolute Gasteiger partial charge is 0.497 e. The number of nitrogens with one attached hydrogen (secondary N) is 1. The van der Waals surface area contributed by atoms with E-state index >= 15 is 0 Å². The molecule has 116 valence electrons. The Hall–Kier alpha value is -3.15. The number of benzene rings is 2. The van der Waals surface area contributed by atoms with Crippen LogP contribution in [0.25, 0.3) is 11.5 Å². The fraction of sp³-hybridized carbons (Fsp3) is 0.118. The van der Waals surface area contributed by atoms with Crippen molar-refractivity contribution in [2.75, 3.05) is 12.4 Å². The van der Waals surface area contributed by atoms with E-state index in [9.17, 15) is 4.79 Å². The summed E-state index contributed by atoms with van der Waals surface area (Å²) in [5, 5.41) is 6.61. The highest BCUT2D eigenvalue weighted by Gasteiger charge is 2.10. The van der Waals surface area contributed by atoms with Crippen LogP contribution >= 0.6 is 0 Å². The average molecular weight is 309 g/mol. The molecule has 0 saturated heterocycles. The highest BCUT2D eigenvalue weighted by Crippen LogP contribution is 2.22. The molecule has 0 aliphatic rings. The lowest BCUT2D eigenvalue weighted by Gasteiger charge is -2.07. The van der Waals surface area contributed by atoms with Crippen molar-refractivity contribution in [2.24, 2.45) is 0 Å². The third kappa shape index (κ3) is 3.37. The molecule has 0 aliphatic carbocycles. The molecule has 23 heavy (non-hydrogen) atoms. The minimum atomic E-state index is -0.220. The third-order valence-corrected chi connectivity index (χ3v) is 3.23. The van der Waals surface area contributed by atoms with Crippen molar-refractivity contribution in [1.82, 2.24) is 10.1 Å². The summed E-state index contributed by atoms with van der Waals surface area (Å²) in [6, 6.07) is 14.2. The summed E-state index contributed by atoms with van der Waals surface area (Å²) in [6.45, 7) is 1.75. The molecular weight excluding hydrogens is 294 g/mol. The van der Waals surface area contributed by atoms with Gasteiger partial charge in [0, 0.05) is 16.8 Å². The van der Waals surface area contributed by atoms with Crippen LogP contribution < -0.4 is 10.1 Å². The lowest BCUT2D eigenvalue weighted by atomic mass is 10.1. The fourth-order valence-corrected chi connectivity index (χ4v) is 2.11. The Morgan fingerprint density at radius 1 is 1.17 bits per heavy atom. The molecule has 0 fully saturated rings. The van der Waals surface area contributed by atoms with Gasteiger partial charge in [0.25, 0.3) is 11.8 Å². The molecule has 0 saturated carbocycles. The van der Waals surface area contributed by atoms with Gasteiger partial charge in [0.2, 0.25) is 0 Å². The third-order valence-electron chi connectivity index (χ3n) is 3.23. The number of ether oxygens (including phenoxy) is 1. The molecule has 0 radical (unpaired) electrons. The number of aryl methyl sites for hydroxylation is 1. The summed E-state index contributed by atoms with van der Waals surface area (Å²) in [5.41, 5.74) is 1.91. The van der Waals surface area contributed by atoms with Gasteiger partial charge in [0.1, 0.15) is 5.75 Å². The zero-order chi connectivity index (χ0) is 16.2. The molecular formula is C17H15N3O3. The molecule has 0 spiro atoms. The quantitative estimate of drug-likeness (QED) is 0.800. The van der Waals surface area contributed by atoms with Crippen LogP contribution in [0.2, 0.25) is 0 Å².